The first kappa shape index (κ1) is 24.8. The van der Waals surface area contributed by atoms with Crippen LogP contribution in [0.3, 0.4) is 0 Å². The van der Waals surface area contributed by atoms with Gasteiger partial charge in [-0.15, -0.1) is 0 Å². The van der Waals surface area contributed by atoms with E-state index in [2.05, 4.69) is 10.6 Å². The molecule has 1 aliphatic carbocycles. The van der Waals surface area contributed by atoms with Gasteiger partial charge in [0.05, 0.1) is 30.8 Å². The molecule has 196 valence electrons. The minimum absolute atomic E-state index is 0.0415. The molecule has 0 radical (unpaired) electrons. The van der Waals surface area contributed by atoms with Crippen molar-refractivity contribution >= 4 is 40.5 Å². The number of nitrogens with zero attached hydrogens (tertiary/aromatic N) is 1. The van der Waals surface area contributed by atoms with Gasteiger partial charge in [0.25, 0.3) is 0 Å². The van der Waals surface area contributed by atoms with E-state index in [-0.39, 0.29) is 24.2 Å². The van der Waals surface area contributed by atoms with Crippen LogP contribution < -0.4 is 20.3 Å². The number of nitrogens with one attached hydrogen (secondary N) is 2. The molecule has 1 aliphatic heterocycles. The fraction of sp³-hybridized carbons (Fsp3) is 0.161. The van der Waals surface area contributed by atoms with Gasteiger partial charge in [0, 0.05) is 34.3 Å². The lowest BCUT2D eigenvalue weighted by Gasteiger charge is -2.34. The van der Waals surface area contributed by atoms with Crippen LogP contribution in [0.1, 0.15) is 36.1 Å². The number of carbonyl (C=O) groups is 2. The number of halogens is 1. The number of benzene rings is 3. The Morgan fingerprint density at radius 2 is 1.77 bits per heavy atom. The molecule has 8 heteroatoms. The van der Waals surface area contributed by atoms with E-state index in [9.17, 15) is 9.59 Å². The Balaban J connectivity index is 1.49. The van der Waals surface area contributed by atoms with Gasteiger partial charge in [0.1, 0.15) is 11.5 Å². The Morgan fingerprint density at radius 1 is 1.00 bits per heavy atom. The van der Waals surface area contributed by atoms with E-state index < -0.39 is 6.04 Å². The summed E-state index contributed by atoms with van der Waals surface area (Å²) in [5.41, 5.74) is 4.10. The van der Waals surface area contributed by atoms with Gasteiger partial charge in [-0.3, -0.25) is 9.69 Å². The molecule has 0 fully saturated rings. The summed E-state index contributed by atoms with van der Waals surface area (Å²) < 4.78 is 10.9. The van der Waals surface area contributed by atoms with E-state index in [1.54, 1.807) is 54.7 Å². The first-order chi connectivity index (χ1) is 19.0. The lowest BCUT2D eigenvalue weighted by atomic mass is 9.80. The van der Waals surface area contributed by atoms with Crippen LogP contribution in [-0.4, -0.2) is 18.9 Å². The zero-order valence-electron chi connectivity index (χ0n) is 21.2. The number of fused-ring (bicyclic) bond motifs is 1. The summed E-state index contributed by atoms with van der Waals surface area (Å²) in [7, 11) is 1.59. The molecule has 2 heterocycles. The molecule has 4 aromatic rings. The zero-order valence-corrected chi connectivity index (χ0v) is 21.9. The van der Waals surface area contributed by atoms with Crippen LogP contribution in [0.15, 0.2) is 107 Å². The molecule has 0 spiro atoms. The average Bonchev–Trinajstić information content (AvgIpc) is 3.44. The van der Waals surface area contributed by atoms with E-state index >= 15 is 0 Å². The van der Waals surface area contributed by atoms with Crippen molar-refractivity contribution in [1.29, 1.82) is 0 Å². The fourth-order valence-corrected chi connectivity index (χ4v) is 5.48. The maximum atomic E-state index is 14.1. The number of allylic oxidation sites excluding steroid dienone is 1. The quantitative estimate of drug-likeness (QED) is 0.280. The Hall–Kier alpha value is -4.49. The molecule has 3 aromatic carbocycles. The summed E-state index contributed by atoms with van der Waals surface area (Å²) in [4.78, 5) is 29.7. The summed E-state index contributed by atoms with van der Waals surface area (Å²) in [6.45, 7) is 0. The van der Waals surface area contributed by atoms with Gasteiger partial charge >= 0.3 is 6.03 Å². The van der Waals surface area contributed by atoms with Crippen molar-refractivity contribution in [2.24, 2.45) is 0 Å². The van der Waals surface area contributed by atoms with Crippen LogP contribution in [0, 0.1) is 0 Å². The largest absolute Gasteiger partial charge is 0.497 e. The van der Waals surface area contributed by atoms with Crippen molar-refractivity contribution < 1.29 is 18.7 Å². The molecule has 39 heavy (non-hydrogen) atoms. The second-order valence-corrected chi connectivity index (χ2v) is 10.00. The smallest absolute Gasteiger partial charge is 0.327 e. The molecule has 1 aromatic heterocycles. The monoisotopic (exact) mass is 539 g/mol. The van der Waals surface area contributed by atoms with Gasteiger partial charge < -0.3 is 19.8 Å². The van der Waals surface area contributed by atoms with Crippen molar-refractivity contribution in [2.75, 3.05) is 22.6 Å². The minimum Gasteiger partial charge on any atom is -0.497 e. The fourth-order valence-electron chi connectivity index (χ4n) is 5.36. The number of hydrogen-bond donors (Lipinski definition) is 2. The highest BCUT2D eigenvalue weighted by Gasteiger charge is 2.42. The van der Waals surface area contributed by atoms with E-state index in [0.717, 1.165) is 22.7 Å². The van der Waals surface area contributed by atoms with Crippen molar-refractivity contribution in [3.63, 3.8) is 0 Å². The molecule has 0 saturated heterocycles. The second kappa shape index (κ2) is 10.3. The summed E-state index contributed by atoms with van der Waals surface area (Å²) in [5.74, 6) is 1.31. The average molecular weight is 540 g/mol. The Bertz CT molecular complexity index is 1550. The molecular formula is C31H26ClN3O4. The van der Waals surface area contributed by atoms with E-state index in [1.165, 1.54) is 0 Å². The SMILES string of the molecule is COc1ccc(NC(=O)N2c3ccccc3NC3=C(C(=O)C[C@H](c4ccco4)C3)[C@H]2c2ccc(Cl)cc2)cc1. The molecule has 0 unspecified atom stereocenters. The standard InChI is InChI=1S/C31H26ClN3O4/c1-38-23-14-12-22(13-15-23)33-31(37)35-26-6-3-2-5-24(26)34-25-17-20(28-7-4-16-39-28)18-27(36)29(25)30(35)19-8-10-21(32)11-9-19/h2-16,20,30,34H,17-18H2,1H3,(H,33,37)/t20-,30-/m1/s1. The number of ether oxygens (including phenoxy) is 1. The zero-order chi connectivity index (χ0) is 26.9. The predicted molar refractivity (Wildman–Crippen MR) is 151 cm³/mol. The highest BCUT2D eigenvalue weighted by Crippen LogP contribution is 2.47. The number of carbonyl (C=O) groups excluding carboxylic acids is 2. The normalized spacial score (nSPS) is 18.5. The number of methoxy groups -OCH3 is 1. The van der Waals surface area contributed by atoms with Gasteiger partial charge in [0.15, 0.2) is 5.78 Å². The molecule has 0 bridgehead atoms. The number of rotatable bonds is 4. The van der Waals surface area contributed by atoms with Gasteiger partial charge in [-0.1, -0.05) is 35.9 Å². The molecule has 2 atom stereocenters. The summed E-state index contributed by atoms with van der Waals surface area (Å²) in [6.07, 6.45) is 2.48. The van der Waals surface area contributed by atoms with E-state index in [1.807, 2.05) is 48.5 Å². The van der Waals surface area contributed by atoms with Crippen LogP contribution in [-0.2, 0) is 4.79 Å². The highest BCUT2D eigenvalue weighted by atomic mass is 35.5. The first-order valence-corrected chi connectivity index (χ1v) is 13.0. The highest BCUT2D eigenvalue weighted by molar-refractivity contribution is 6.30. The number of hydrogen-bond acceptors (Lipinski definition) is 5. The minimum atomic E-state index is -0.684. The van der Waals surface area contributed by atoms with Crippen LogP contribution in [0.4, 0.5) is 21.9 Å². The molecule has 6 rings (SSSR count). The third-order valence-corrected chi connectivity index (χ3v) is 7.43. The van der Waals surface area contributed by atoms with Crippen molar-refractivity contribution in [3.05, 3.63) is 119 Å². The van der Waals surface area contributed by atoms with E-state index in [4.69, 9.17) is 20.8 Å². The topological polar surface area (TPSA) is 83.8 Å². The number of Topliss-reactive ketones (excluding diaryl/α,β-unsaturated/α-hetero) is 1. The number of para-hydroxylation sites is 2. The number of furan rings is 1. The molecule has 2 amide bonds. The number of urea groups is 1. The van der Waals surface area contributed by atoms with Gasteiger partial charge in [0.2, 0.25) is 0 Å². The van der Waals surface area contributed by atoms with Crippen LogP contribution in [0.2, 0.25) is 5.02 Å². The van der Waals surface area contributed by atoms with Crippen molar-refractivity contribution in [3.8, 4) is 5.75 Å². The van der Waals surface area contributed by atoms with Crippen molar-refractivity contribution in [2.45, 2.75) is 24.8 Å². The maximum absolute atomic E-state index is 14.1. The summed E-state index contributed by atoms with van der Waals surface area (Å²) >= 11 is 6.23. The van der Waals surface area contributed by atoms with Crippen LogP contribution >= 0.6 is 11.6 Å². The molecular weight excluding hydrogens is 514 g/mol. The predicted octanol–water partition coefficient (Wildman–Crippen LogP) is 7.55. The number of anilines is 3. The summed E-state index contributed by atoms with van der Waals surface area (Å²) in [6, 6.07) is 24.7. The van der Waals surface area contributed by atoms with Gasteiger partial charge in [-0.2, -0.15) is 0 Å². The molecule has 2 aliphatic rings. The molecule has 0 saturated carbocycles. The van der Waals surface area contributed by atoms with Gasteiger partial charge in [-0.25, -0.2) is 4.79 Å². The maximum Gasteiger partial charge on any atom is 0.327 e. The Labute approximate surface area is 231 Å². The Morgan fingerprint density at radius 3 is 2.49 bits per heavy atom. The van der Waals surface area contributed by atoms with E-state index in [0.29, 0.717) is 34.1 Å². The van der Waals surface area contributed by atoms with Gasteiger partial charge in [-0.05, 0) is 72.6 Å². The molecule has 2 N–H and O–H groups in total. The second-order valence-electron chi connectivity index (χ2n) is 9.56. The lowest BCUT2D eigenvalue weighted by Crippen LogP contribution is -2.41. The molecule has 7 nitrogen and oxygen atoms in total. The number of ketones is 1. The first-order valence-electron chi connectivity index (χ1n) is 12.7. The summed E-state index contributed by atoms with van der Waals surface area (Å²) in [5, 5.41) is 7.10. The number of amides is 2. The third kappa shape index (κ3) is 4.77. The third-order valence-electron chi connectivity index (χ3n) is 7.18. The van der Waals surface area contributed by atoms with Crippen LogP contribution in [0.25, 0.3) is 0 Å². The van der Waals surface area contributed by atoms with Crippen molar-refractivity contribution in [1.82, 2.24) is 0 Å². The Kier molecular flexibility index (Phi) is 6.59. The lowest BCUT2D eigenvalue weighted by molar-refractivity contribution is -0.116. The van der Waals surface area contributed by atoms with Crippen LogP contribution in [0.5, 0.6) is 5.75 Å².